The molecular weight excluding hydrogens is 254 g/mol. The van der Waals surface area contributed by atoms with Gasteiger partial charge in [-0.05, 0) is 37.6 Å². The first kappa shape index (κ1) is 14.8. The molecule has 1 aliphatic heterocycles. The Hall–Kier alpha value is -0.610. The minimum Gasteiger partial charge on any atom is -0.348 e. The SMILES string of the molecule is CC(C)CNCc1csc(N2CCCC(C)CC2)n1. The molecule has 1 aromatic heterocycles. The summed E-state index contributed by atoms with van der Waals surface area (Å²) in [6.07, 6.45) is 3.98. The summed E-state index contributed by atoms with van der Waals surface area (Å²) < 4.78 is 0. The molecule has 1 unspecified atom stereocenters. The van der Waals surface area contributed by atoms with Crippen molar-refractivity contribution < 1.29 is 0 Å². The van der Waals surface area contributed by atoms with E-state index < -0.39 is 0 Å². The molecule has 1 aliphatic rings. The molecule has 1 atom stereocenters. The van der Waals surface area contributed by atoms with Crippen LogP contribution in [-0.2, 0) is 6.54 Å². The van der Waals surface area contributed by atoms with E-state index in [0.717, 1.165) is 19.0 Å². The molecule has 19 heavy (non-hydrogen) atoms. The highest BCUT2D eigenvalue weighted by atomic mass is 32.1. The van der Waals surface area contributed by atoms with Gasteiger partial charge in [-0.15, -0.1) is 11.3 Å². The second-order valence-corrected chi connectivity index (χ2v) is 7.01. The van der Waals surface area contributed by atoms with E-state index in [4.69, 9.17) is 4.98 Å². The standard InChI is InChI=1S/C15H27N3S/c1-12(2)9-16-10-14-11-19-15(17-14)18-7-4-5-13(3)6-8-18/h11-13,16H,4-10H2,1-3H3. The van der Waals surface area contributed by atoms with Gasteiger partial charge >= 0.3 is 0 Å². The molecule has 1 fully saturated rings. The summed E-state index contributed by atoms with van der Waals surface area (Å²) >= 11 is 1.80. The summed E-state index contributed by atoms with van der Waals surface area (Å²) in [6, 6.07) is 0. The number of aromatic nitrogens is 1. The van der Waals surface area contributed by atoms with Crippen LogP contribution in [0, 0.1) is 11.8 Å². The van der Waals surface area contributed by atoms with E-state index in [1.807, 2.05) is 0 Å². The quantitative estimate of drug-likeness (QED) is 0.895. The van der Waals surface area contributed by atoms with Gasteiger partial charge in [-0.2, -0.15) is 0 Å². The van der Waals surface area contributed by atoms with Crippen LogP contribution in [0.1, 0.15) is 45.7 Å². The maximum atomic E-state index is 4.78. The van der Waals surface area contributed by atoms with Crippen LogP contribution >= 0.6 is 11.3 Å². The van der Waals surface area contributed by atoms with E-state index in [-0.39, 0.29) is 0 Å². The molecule has 1 N–H and O–H groups in total. The Morgan fingerprint density at radius 2 is 2.26 bits per heavy atom. The minimum atomic E-state index is 0.699. The summed E-state index contributed by atoms with van der Waals surface area (Å²) in [6.45, 7) is 11.2. The van der Waals surface area contributed by atoms with Gasteiger partial charge in [0.05, 0.1) is 5.69 Å². The van der Waals surface area contributed by atoms with E-state index in [9.17, 15) is 0 Å². The Kier molecular flexibility index (Phi) is 5.64. The Balaban J connectivity index is 1.85. The predicted octanol–water partition coefficient (Wildman–Crippen LogP) is 3.52. The third kappa shape index (κ3) is 4.77. The molecule has 2 heterocycles. The summed E-state index contributed by atoms with van der Waals surface area (Å²) in [5, 5.41) is 6.89. The lowest BCUT2D eigenvalue weighted by molar-refractivity contribution is 0.521. The number of nitrogens with zero attached hydrogens (tertiary/aromatic N) is 2. The van der Waals surface area contributed by atoms with E-state index in [2.05, 4.69) is 36.4 Å². The molecule has 0 spiro atoms. The first-order chi connectivity index (χ1) is 9.15. The van der Waals surface area contributed by atoms with Crippen molar-refractivity contribution in [3.05, 3.63) is 11.1 Å². The van der Waals surface area contributed by atoms with Gasteiger partial charge in [0.25, 0.3) is 0 Å². The van der Waals surface area contributed by atoms with Crippen LogP contribution in [0.5, 0.6) is 0 Å². The van der Waals surface area contributed by atoms with Gasteiger partial charge in [0.1, 0.15) is 0 Å². The first-order valence-electron chi connectivity index (χ1n) is 7.55. The molecule has 0 bridgehead atoms. The van der Waals surface area contributed by atoms with Crippen molar-refractivity contribution >= 4 is 16.5 Å². The average Bonchev–Trinajstić information content (AvgIpc) is 2.71. The highest BCUT2D eigenvalue weighted by Crippen LogP contribution is 2.25. The normalized spacial score (nSPS) is 20.8. The lowest BCUT2D eigenvalue weighted by Gasteiger charge is -2.18. The predicted molar refractivity (Wildman–Crippen MR) is 83.9 cm³/mol. The topological polar surface area (TPSA) is 28.2 Å². The fraction of sp³-hybridized carbons (Fsp3) is 0.800. The van der Waals surface area contributed by atoms with Crippen LogP contribution in [0.3, 0.4) is 0 Å². The van der Waals surface area contributed by atoms with Crippen LogP contribution in [0.15, 0.2) is 5.38 Å². The van der Waals surface area contributed by atoms with Gasteiger partial charge in [0, 0.05) is 25.0 Å². The molecular formula is C15H27N3S. The summed E-state index contributed by atoms with van der Waals surface area (Å²) in [4.78, 5) is 7.25. The van der Waals surface area contributed by atoms with Gasteiger partial charge in [-0.3, -0.25) is 0 Å². The molecule has 0 saturated carbocycles. The Bertz CT molecular complexity index is 375. The Morgan fingerprint density at radius 3 is 3.05 bits per heavy atom. The average molecular weight is 281 g/mol. The molecule has 2 rings (SSSR count). The molecule has 4 heteroatoms. The number of thiazole rings is 1. The Labute approximate surface area is 121 Å². The van der Waals surface area contributed by atoms with Crippen molar-refractivity contribution in [2.24, 2.45) is 11.8 Å². The van der Waals surface area contributed by atoms with Gasteiger partial charge in [0.2, 0.25) is 0 Å². The number of rotatable bonds is 5. The lowest BCUT2D eigenvalue weighted by Crippen LogP contribution is -2.24. The van der Waals surface area contributed by atoms with Crippen LogP contribution in [0.25, 0.3) is 0 Å². The van der Waals surface area contributed by atoms with Gasteiger partial charge < -0.3 is 10.2 Å². The van der Waals surface area contributed by atoms with E-state index in [0.29, 0.717) is 5.92 Å². The van der Waals surface area contributed by atoms with Gasteiger partial charge in [-0.25, -0.2) is 4.98 Å². The molecule has 0 radical (unpaired) electrons. The molecule has 108 valence electrons. The summed E-state index contributed by atoms with van der Waals surface area (Å²) in [5.74, 6) is 1.57. The maximum absolute atomic E-state index is 4.78. The van der Waals surface area contributed by atoms with Gasteiger partial charge in [0.15, 0.2) is 5.13 Å². The monoisotopic (exact) mass is 281 g/mol. The Morgan fingerprint density at radius 1 is 1.42 bits per heavy atom. The minimum absolute atomic E-state index is 0.699. The molecule has 0 amide bonds. The highest BCUT2D eigenvalue weighted by Gasteiger charge is 2.16. The maximum Gasteiger partial charge on any atom is 0.185 e. The molecule has 0 aliphatic carbocycles. The number of nitrogens with one attached hydrogen (secondary N) is 1. The van der Waals surface area contributed by atoms with Crippen LogP contribution in [0.4, 0.5) is 5.13 Å². The molecule has 1 saturated heterocycles. The van der Waals surface area contributed by atoms with E-state index in [1.54, 1.807) is 11.3 Å². The van der Waals surface area contributed by atoms with Crippen LogP contribution in [-0.4, -0.2) is 24.6 Å². The van der Waals surface area contributed by atoms with E-state index in [1.165, 1.54) is 43.2 Å². The zero-order valence-electron chi connectivity index (χ0n) is 12.5. The van der Waals surface area contributed by atoms with Crippen molar-refractivity contribution in [2.75, 3.05) is 24.5 Å². The zero-order chi connectivity index (χ0) is 13.7. The molecule has 3 nitrogen and oxygen atoms in total. The summed E-state index contributed by atoms with van der Waals surface area (Å²) in [7, 11) is 0. The van der Waals surface area contributed by atoms with Crippen molar-refractivity contribution in [1.29, 1.82) is 0 Å². The smallest absolute Gasteiger partial charge is 0.185 e. The lowest BCUT2D eigenvalue weighted by atomic mass is 10.0. The van der Waals surface area contributed by atoms with Crippen molar-refractivity contribution in [1.82, 2.24) is 10.3 Å². The number of anilines is 1. The number of hydrogen-bond donors (Lipinski definition) is 1. The van der Waals surface area contributed by atoms with Crippen LogP contribution < -0.4 is 10.2 Å². The fourth-order valence-electron chi connectivity index (χ4n) is 2.47. The highest BCUT2D eigenvalue weighted by molar-refractivity contribution is 7.13. The second-order valence-electron chi connectivity index (χ2n) is 6.17. The van der Waals surface area contributed by atoms with Crippen LogP contribution in [0.2, 0.25) is 0 Å². The van der Waals surface area contributed by atoms with Gasteiger partial charge in [-0.1, -0.05) is 20.8 Å². The van der Waals surface area contributed by atoms with Crippen molar-refractivity contribution in [3.63, 3.8) is 0 Å². The first-order valence-corrected chi connectivity index (χ1v) is 8.43. The zero-order valence-corrected chi connectivity index (χ0v) is 13.3. The molecule has 1 aromatic rings. The largest absolute Gasteiger partial charge is 0.348 e. The second kappa shape index (κ2) is 7.25. The van der Waals surface area contributed by atoms with Crippen molar-refractivity contribution in [3.8, 4) is 0 Å². The van der Waals surface area contributed by atoms with E-state index >= 15 is 0 Å². The summed E-state index contributed by atoms with van der Waals surface area (Å²) in [5.41, 5.74) is 1.19. The third-order valence-corrected chi connectivity index (χ3v) is 4.64. The third-order valence-electron chi connectivity index (χ3n) is 3.69. The number of hydrogen-bond acceptors (Lipinski definition) is 4. The van der Waals surface area contributed by atoms with Crippen molar-refractivity contribution in [2.45, 2.75) is 46.6 Å². The fourth-order valence-corrected chi connectivity index (χ4v) is 3.34. The molecule has 0 aromatic carbocycles.